The third-order valence-electron chi connectivity index (χ3n) is 4.17. The molecule has 4 N–H and O–H groups in total. The van der Waals surface area contributed by atoms with Crippen molar-refractivity contribution >= 4 is 17.3 Å². The molecular weight excluding hydrogens is 319 g/mol. The summed E-state index contributed by atoms with van der Waals surface area (Å²) in [6, 6.07) is 5.36. The number of aromatic nitrogens is 3. The third-order valence-corrected chi connectivity index (χ3v) is 4.17. The van der Waals surface area contributed by atoms with Gasteiger partial charge < -0.3 is 16.5 Å². The first-order chi connectivity index (χ1) is 12.1. The zero-order valence-corrected chi connectivity index (χ0v) is 14.0. The van der Waals surface area contributed by atoms with Crippen molar-refractivity contribution < 1.29 is 4.39 Å². The summed E-state index contributed by atoms with van der Waals surface area (Å²) in [4.78, 5) is 4.28. The molecule has 3 rings (SSSR count). The van der Waals surface area contributed by atoms with Crippen LogP contribution < -0.4 is 11.1 Å². The molecule has 0 aliphatic rings. The van der Waals surface area contributed by atoms with E-state index < -0.39 is 0 Å². The van der Waals surface area contributed by atoms with Crippen molar-refractivity contribution in [2.75, 3.05) is 7.05 Å². The summed E-state index contributed by atoms with van der Waals surface area (Å²) in [5.74, 6) is -0.329. The summed E-state index contributed by atoms with van der Waals surface area (Å²) in [6.07, 6.45) is 6.14. The number of benzene rings is 1. The zero-order chi connectivity index (χ0) is 18.0. The smallest absolute Gasteiger partial charge is 0.137 e. The van der Waals surface area contributed by atoms with E-state index in [0.717, 1.165) is 11.1 Å². The lowest BCUT2D eigenvalue weighted by Crippen LogP contribution is -2.03. The van der Waals surface area contributed by atoms with E-state index in [2.05, 4.69) is 15.4 Å². The standard InChI is InChI=1S/C18H19FN6/c1-11-12(6-20)3-4-15(17(11)19)18-16-5-13(14(7-21)8-22-2)9-25(16)24-10-23-18/h3-5,7-10,21-22H,6,20H2,1-2H3/b14-8+,21-7?. The Morgan fingerprint density at radius 1 is 1.44 bits per heavy atom. The molecule has 0 amide bonds. The van der Waals surface area contributed by atoms with Crippen LogP contribution in [0.1, 0.15) is 16.7 Å². The van der Waals surface area contributed by atoms with E-state index in [1.54, 1.807) is 36.9 Å². The van der Waals surface area contributed by atoms with Crippen LogP contribution in [0.3, 0.4) is 0 Å². The molecule has 7 heteroatoms. The number of nitrogens with zero attached hydrogens (tertiary/aromatic N) is 3. The number of nitrogens with two attached hydrogens (primary N) is 1. The molecular formula is C18H19FN6. The highest BCUT2D eigenvalue weighted by Gasteiger charge is 2.16. The third kappa shape index (κ3) is 2.89. The maximum Gasteiger partial charge on any atom is 0.137 e. The molecule has 2 heterocycles. The highest BCUT2D eigenvalue weighted by atomic mass is 19.1. The van der Waals surface area contributed by atoms with E-state index >= 15 is 0 Å². The quantitative estimate of drug-likeness (QED) is 0.623. The second-order valence-electron chi connectivity index (χ2n) is 5.62. The molecule has 0 radical (unpaired) electrons. The van der Waals surface area contributed by atoms with Crippen LogP contribution in [0, 0.1) is 18.2 Å². The average Bonchev–Trinajstić information content (AvgIpc) is 3.06. The van der Waals surface area contributed by atoms with Crippen LogP contribution in [0.15, 0.2) is 36.9 Å². The van der Waals surface area contributed by atoms with Crippen molar-refractivity contribution in [1.82, 2.24) is 19.9 Å². The number of nitrogens with one attached hydrogen (secondary N) is 2. The Labute approximate surface area is 144 Å². The summed E-state index contributed by atoms with van der Waals surface area (Å²) in [6.45, 7) is 2.00. The molecule has 1 aromatic carbocycles. The molecule has 128 valence electrons. The van der Waals surface area contributed by atoms with Crippen molar-refractivity contribution in [3.05, 3.63) is 59.4 Å². The van der Waals surface area contributed by atoms with Gasteiger partial charge in [0.15, 0.2) is 0 Å². The van der Waals surface area contributed by atoms with Gasteiger partial charge in [-0.25, -0.2) is 13.9 Å². The fourth-order valence-corrected chi connectivity index (χ4v) is 2.79. The van der Waals surface area contributed by atoms with Gasteiger partial charge in [-0.05, 0) is 30.2 Å². The Morgan fingerprint density at radius 3 is 2.92 bits per heavy atom. The van der Waals surface area contributed by atoms with E-state index in [0.29, 0.717) is 27.9 Å². The lowest BCUT2D eigenvalue weighted by Gasteiger charge is -2.10. The van der Waals surface area contributed by atoms with Crippen molar-refractivity contribution in [2.45, 2.75) is 13.5 Å². The Bertz CT molecular complexity index is 973. The maximum absolute atomic E-state index is 14.8. The number of rotatable bonds is 5. The fraction of sp³-hybridized carbons (Fsp3) is 0.167. The molecule has 0 unspecified atom stereocenters. The van der Waals surface area contributed by atoms with Gasteiger partial charge >= 0.3 is 0 Å². The van der Waals surface area contributed by atoms with Gasteiger partial charge in [0.05, 0.1) is 5.52 Å². The number of allylic oxidation sites excluding steroid dienone is 1. The van der Waals surface area contributed by atoms with Crippen LogP contribution in [0.25, 0.3) is 22.3 Å². The Hall–Kier alpha value is -3.06. The van der Waals surface area contributed by atoms with Gasteiger partial charge in [-0.15, -0.1) is 0 Å². The minimum Gasteiger partial charge on any atom is -0.393 e. The first kappa shape index (κ1) is 16.8. The number of fused-ring (bicyclic) bond motifs is 1. The molecule has 0 saturated heterocycles. The SMILES string of the molecule is CN/C=C(\C=N)c1cc2c(-c3ccc(CN)c(C)c3F)ncnn2c1. The predicted molar refractivity (Wildman–Crippen MR) is 96.8 cm³/mol. The maximum atomic E-state index is 14.8. The molecule has 0 bridgehead atoms. The second-order valence-corrected chi connectivity index (χ2v) is 5.62. The Balaban J connectivity index is 2.21. The second kappa shape index (κ2) is 6.82. The number of halogens is 1. The molecule has 0 saturated carbocycles. The van der Waals surface area contributed by atoms with E-state index in [1.807, 2.05) is 12.1 Å². The summed E-state index contributed by atoms with van der Waals surface area (Å²) >= 11 is 0. The molecule has 0 aliphatic heterocycles. The Kier molecular flexibility index (Phi) is 4.58. The minimum absolute atomic E-state index is 0.287. The molecule has 0 spiro atoms. The summed E-state index contributed by atoms with van der Waals surface area (Å²) in [5.41, 5.74) is 10.00. The van der Waals surface area contributed by atoms with Crippen LogP contribution in [-0.4, -0.2) is 27.9 Å². The highest BCUT2D eigenvalue weighted by Crippen LogP contribution is 2.29. The predicted octanol–water partition coefficient (Wildman–Crippen LogP) is 2.51. The van der Waals surface area contributed by atoms with Crippen LogP contribution >= 0.6 is 0 Å². The van der Waals surface area contributed by atoms with Gasteiger partial charge in [-0.2, -0.15) is 5.10 Å². The lowest BCUT2D eigenvalue weighted by molar-refractivity contribution is 0.618. The largest absolute Gasteiger partial charge is 0.393 e. The van der Waals surface area contributed by atoms with Crippen LogP contribution in [0.4, 0.5) is 4.39 Å². The lowest BCUT2D eigenvalue weighted by atomic mass is 10.0. The monoisotopic (exact) mass is 338 g/mol. The molecule has 6 nitrogen and oxygen atoms in total. The van der Waals surface area contributed by atoms with Gasteiger partial charge in [0, 0.05) is 48.9 Å². The van der Waals surface area contributed by atoms with Crippen molar-refractivity contribution in [2.24, 2.45) is 5.73 Å². The average molecular weight is 338 g/mol. The van der Waals surface area contributed by atoms with Crippen molar-refractivity contribution in [1.29, 1.82) is 5.41 Å². The summed E-state index contributed by atoms with van der Waals surface area (Å²) in [5, 5.41) is 14.6. The first-order valence-electron chi connectivity index (χ1n) is 7.80. The van der Waals surface area contributed by atoms with Gasteiger partial charge in [-0.3, -0.25) is 0 Å². The molecule has 3 aromatic rings. The molecule has 0 aliphatic carbocycles. The van der Waals surface area contributed by atoms with Crippen molar-refractivity contribution in [3.8, 4) is 11.3 Å². The molecule has 25 heavy (non-hydrogen) atoms. The zero-order valence-electron chi connectivity index (χ0n) is 14.0. The summed E-state index contributed by atoms with van der Waals surface area (Å²) < 4.78 is 16.5. The van der Waals surface area contributed by atoms with Crippen LogP contribution in [-0.2, 0) is 6.54 Å². The van der Waals surface area contributed by atoms with E-state index in [9.17, 15) is 4.39 Å². The topological polar surface area (TPSA) is 92.1 Å². The van der Waals surface area contributed by atoms with E-state index in [1.165, 1.54) is 12.5 Å². The van der Waals surface area contributed by atoms with Gasteiger partial charge in [0.25, 0.3) is 0 Å². The van der Waals surface area contributed by atoms with Gasteiger partial charge in [0.1, 0.15) is 17.8 Å². The van der Waals surface area contributed by atoms with Crippen molar-refractivity contribution in [3.63, 3.8) is 0 Å². The molecule has 2 aromatic heterocycles. The van der Waals surface area contributed by atoms with Gasteiger partial charge in [0.2, 0.25) is 0 Å². The molecule has 0 atom stereocenters. The number of hydrogen-bond acceptors (Lipinski definition) is 5. The fourth-order valence-electron chi connectivity index (χ4n) is 2.79. The minimum atomic E-state index is -0.329. The van der Waals surface area contributed by atoms with Crippen LogP contribution in [0.5, 0.6) is 0 Å². The van der Waals surface area contributed by atoms with Crippen LogP contribution in [0.2, 0.25) is 0 Å². The Morgan fingerprint density at radius 2 is 2.24 bits per heavy atom. The first-order valence-corrected chi connectivity index (χ1v) is 7.80. The summed E-state index contributed by atoms with van der Waals surface area (Å²) in [7, 11) is 1.77. The van der Waals surface area contributed by atoms with E-state index in [-0.39, 0.29) is 12.4 Å². The highest BCUT2D eigenvalue weighted by molar-refractivity contribution is 6.08. The number of hydrogen-bond donors (Lipinski definition) is 3. The molecule has 0 fully saturated rings. The van der Waals surface area contributed by atoms with E-state index in [4.69, 9.17) is 11.1 Å². The van der Waals surface area contributed by atoms with Gasteiger partial charge in [-0.1, -0.05) is 6.07 Å². The normalized spacial score (nSPS) is 11.8.